The van der Waals surface area contributed by atoms with Crippen molar-refractivity contribution in [2.24, 2.45) is 0 Å². The molecule has 1 aliphatic rings. The first kappa shape index (κ1) is 24.4. The minimum absolute atomic E-state index is 0.0126. The van der Waals surface area contributed by atoms with E-state index >= 15 is 0 Å². The summed E-state index contributed by atoms with van der Waals surface area (Å²) in [5.74, 6) is -0.627. The SMILES string of the molecule is CCC(=O)N1CCc2ccc(OC(CC)C(=O)Nc3ccc(F)cc3)cc2C1c1cccc(F)c1. The van der Waals surface area contributed by atoms with Gasteiger partial charge in [0.1, 0.15) is 17.4 Å². The molecule has 7 heteroatoms. The molecule has 3 aromatic carbocycles. The van der Waals surface area contributed by atoms with Gasteiger partial charge in [-0.05, 0) is 78.1 Å². The average molecular weight is 479 g/mol. The molecule has 0 spiro atoms. The summed E-state index contributed by atoms with van der Waals surface area (Å²) in [6.45, 7) is 4.19. The summed E-state index contributed by atoms with van der Waals surface area (Å²) in [5, 5.41) is 2.75. The number of benzene rings is 3. The highest BCUT2D eigenvalue weighted by atomic mass is 19.1. The van der Waals surface area contributed by atoms with Crippen molar-refractivity contribution in [3.63, 3.8) is 0 Å². The maximum atomic E-state index is 14.1. The van der Waals surface area contributed by atoms with Crippen molar-refractivity contribution in [3.05, 3.63) is 95.1 Å². The lowest BCUT2D eigenvalue weighted by Gasteiger charge is -2.38. The van der Waals surface area contributed by atoms with Crippen LogP contribution in [0.15, 0.2) is 66.7 Å². The third-order valence-corrected chi connectivity index (χ3v) is 6.19. The summed E-state index contributed by atoms with van der Waals surface area (Å²) in [5.41, 5.74) is 3.07. The van der Waals surface area contributed by atoms with Crippen LogP contribution in [0.4, 0.5) is 14.5 Å². The molecule has 182 valence electrons. The van der Waals surface area contributed by atoms with Crippen LogP contribution in [0.1, 0.15) is 49.4 Å². The molecule has 0 radical (unpaired) electrons. The highest BCUT2D eigenvalue weighted by molar-refractivity contribution is 5.94. The zero-order chi connectivity index (χ0) is 24.9. The molecule has 35 heavy (non-hydrogen) atoms. The number of hydrogen-bond donors (Lipinski definition) is 1. The summed E-state index contributed by atoms with van der Waals surface area (Å²) in [6.07, 6.45) is 0.661. The number of halogens is 2. The number of anilines is 1. The molecule has 2 amide bonds. The molecule has 0 saturated heterocycles. The van der Waals surface area contributed by atoms with Crippen LogP contribution in [-0.2, 0) is 16.0 Å². The first-order chi connectivity index (χ1) is 16.9. The van der Waals surface area contributed by atoms with Crippen molar-refractivity contribution < 1.29 is 23.1 Å². The van der Waals surface area contributed by atoms with Crippen LogP contribution in [0.5, 0.6) is 5.75 Å². The smallest absolute Gasteiger partial charge is 0.265 e. The van der Waals surface area contributed by atoms with E-state index in [1.54, 1.807) is 11.0 Å². The topological polar surface area (TPSA) is 58.6 Å². The minimum Gasteiger partial charge on any atom is -0.481 e. The molecule has 4 rings (SSSR count). The molecule has 0 saturated carbocycles. The summed E-state index contributed by atoms with van der Waals surface area (Å²) >= 11 is 0. The lowest BCUT2D eigenvalue weighted by molar-refractivity contribution is -0.133. The zero-order valence-corrected chi connectivity index (χ0v) is 19.8. The van der Waals surface area contributed by atoms with Gasteiger partial charge < -0.3 is 15.0 Å². The first-order valence-electron chi connectivity index (χ1n) is 11.8. The average Bonchev–Trinajstić information content (AvgIpc) is 2.87. The van der Waals surface area contributed by atoms with Crippen LogP contribution in [-0.4, -0.2) is 29.4 Å². The number of nitrogens with one attached hydrogen (secondary N) is 1. The van der Waals surface area contributed by atoms with E-state index in [1.807, 2.05) is 38.1 Å². The monoisotopic (exact) mass is 478 g/mol. The number of nitrogens with zero attached hydrogens (tertiary/aromatic N) is 1. The number of carbonyl (C=O) groups excluding carboxylic acids is 2. The first-order valence-corrected chi connectivity index (χ1v) is 11.8. The molecule has 1 heterocycles. The predicted molar refractivity (Wildman–Crippen MR) is 130 cm³/mol. The normalized spacial score (nSPS) is 15.8. The van der Waals surface area contributed by atoms with Gasteiger partial charge in [-0.3, -0.25) is 9.59 Å². The van der Waals surface area contributed by atoms with E-state index < -0.39 is 12.1 Å². The Morgan fingerprint density at radius 1 is 1.03 bits per heavy atom. The highest BCUT2D eigenvalue weighted by Crippen LogP contribution is 2.38. The van der Waals surface area contributed by atoms with Gasteiger partial charge in [0.2, 0.25) is 5.91 Å². The number of ether oxygens (including phenoxy) is 1. The van der Waals surface area contributed by atoms with Gasteiger partial charge in [-0.1, -0.05) is 32.0 Å². The highest BCUT2D eigenvalue weighted by Gasteiger charge is 2.32. The maximum Gasteiger partial charge on any atom is 0.265 e. The number of amides is 2. The van der Waals surface area contributed by atoms with E-state index in [9.17, 15) is 18.4 Å². The molecule has 5 nitrogen and oxygen atoms in total. The lowest BCUT2D eigenvalue weighted by atomic mass is 9.87. The van der Waals surface area contributed by atoms with Crippen LogP contribution in [0.2, 0.25) is 0 Å². The van der Waals surface area contributed by atoms with Gasteiger partial charge in [0.15, 0.2) is 6.10 Å². The third-order valence-electron chi connectivity index (χ3n) is 6.19. The van der Waals surface area contributed by atoms with Crippen molar-refractivity contribution in [2.45, 2.75) is 45.3 Å². The number of rotatable bonds is 7. The fourth-order valence-corrected chi connectivity index (χ4v) is 4.42. The quantitative estimate of drug-likeness (QED) is 0.478. The van der Waals surface area contributed by atoms with Gasteiger partial charge in [-0.25, -0.2) is 8.78 Å². The maximum absolute atomic E-state index is 14.1. The summed E-state index contributed by atoms with van der Waals surface area (Å²) in [6, 6.07) is 17.0. The molecule has 3 aromatic rings. The second-order valence-corrected chi connectivity index (χ2v) is 8.52. The van der Waals surface area contributed by atoms with Crippen LogP contribution in [0.25, 0.3) is 0 Å². The molecule has 1 aliphatic heterocycles. The predicted octanol–water partition coefficient (Wildman–Crippen LogP) is 5.65. The molecule has 2 unspecified atom stereocenters. The second kappa shape index (κ2) is 10.7. The molecule has 2 atom stereocenters. The standard InChI is InChI=1S/C28H28F2N2O3/c1-3-25(28(34)31-22-11-9-20(29)10-12-22)35-23-13-8-18-14-15-32(26(33)4-2)27(24(18)17-23)19-6-5-7-21(30)16-19/h5-13,16-17,25,27H,3-4,14-15H2,1-2H3,(H,31,34). The Morgan fingerprint density at radius 3 is 2.49 bits per heavy atom. The Balaban J connectivity index is 1.62. The van der Waals surface area contributed by atoms with Gasteiger partial charge in [0, 0.05) is 18.7 Å². The van der Waals surface area contributed by atoms with Crippen molar-refractivity contribution in [2.75, 3.05) is 11.9 Å². The van der Waals surface area contributed by atoms with Gasteiger partial charge in [0.05, 0.1) is 6.04 Å². The van der Waals surface area contributed by atoms with Crippen LogP contribution in [0, 0.1) is 11.6 Å². The fraction of sp³-hybridized carbons (Fsp3) is 0.286. The summed E-state index contributed by atoms with van der Waals surface area (Å²) < 4.78 is 33.3. The van der Waals surface area contributed by atoms with E-state index in [0.29, 0.717) is 42.8 Å². The minimum atomic E-state index is -0.775. The van der Waals surface area contributed by atoms with Crippen molar-refractivity contribution in [1.29, 1.82) is 0 Å². The third kappa shape index (κ3) is 5.50. The van der Waals surface area contributed by atoms with E-state index in [0.717, 1.165) is 11.1 Å². The molecular formula is C28H28F2N2O3. The lowest BCUT2D eigenvalue weighted by Crippen LogP contribution is -2.40. The summed E-state index contributed by atoms with van der Waals surface area (Å²) in [7, 11) is 0. The fourth-order valence-electron chi connectivity index (χ4n) is 4.42. The van der Waals surface area contributed by atoms with E-state index in [1.165, 1.54) is 36.4 Å². The molecular weight excluding hydrogens is 450 g/mol. The Bertz CT molecular complexity index is 1210. The Hall–Kier alpha value is -3.74. The van der Waals surface area contributed by atoms with Crippen molar-refractivity contribution >= 4 is 17.5 Å². The van der Waals surface area contributed by atoms with Crippen LogP contribution in [0.3, 0.4) is 0 Å². The van der Waals surface area contributed by atoms with Gasteiger partial charge in [0.25, 0.3) is 5.91 Å². The van der Waals surface area contributed by atoms with Crippen LogP contribution < -0.4 is 10.1 Å². The number of fused-ring (bicyclic) bond motifs is 1. The second-order valence-electron chi connectivity index (χ2n) is 8.52. The van der Waals surface area contributed by atoms with Gasteiger partial charge >= 0.3 is 0 Å². The Labute approximate surface area is 203 Å². The van der Waals surface area contributed by atoms with Gasteiger partial charge in [-0.2, -0.15) is 0 Å². The molecule has 0 aliphatic carbocycles. The molecule has 0 fully saturated rings. The Morgan fingerprint density at radius 2 is 1.80 bits per heavy atom. The molecule has 0 bridgehead atoms. The number of carbonyl (C=O) groups is 2. The van der Waals surface area contributed by atoms with E-state index in [-0.39, 0.29) is 23.4 Å². The zero-order valence-electron chi connectivity index (χ0n) is 19.8. The molecule has 0 aromatic heterocycles. The number of hydrogen-bond acceptors (Lipinski definition) is 3. The van der Waals surface area contributed by atoms with E-state index in [2.05, 4.69) is 5.32 Å². The van der Waals surface area contributed by atoms with Gasteiger partial charge in [-0.15, -0.1) is 0 Å². The summed E-state index contributed by atoms with van der Waals surface area (Å²) in [4.78, 5) is 27.3. The molecule has 1 N–H and O–H groups in total. The van der Waals surface area contributed by atoms with E-state index in [4.69, 9.17) is 4.74 Å². The van der Waals surface area contributed by atoms with Crippen molar-refractivity contribution in [3.8, 4) is 5.75 Å². The van der Waals surface area contributed by atoms with Crippen molar-refractivity contribution in [1.82, 2.24) is 4.90 Å². The Kier molecular flexibility index (Phi) is 7.44. The van der Waals surface area contributed by atoms with Crippen LogP contribution >= 0.6 is 0 Å². The largest absolute Gasteiger partial charge is 0.481 e.